The Morgan fingerprint density at radius 1 is 1.04 bits per heavy atom. The van der Waals surface area contributed by atoms with Gasteiger partial charge in [-0.3, -0.25) is 4.79 Å². The Morgan fingerprint density at radius 2 is 1.58 bits per heavy atom. The van der Waals surface area contributed by atoms with Gasteiger partial charge in [-0.2, -0.15) is 0 Å². The third-order valence-electron chi connectivity index (χ3n) is 4.84. The molecule has 5 nitrogen and oxygen atoms in total. The third-order valence-corrected chi connectivity index (χ3v) is 4.84. The van der Waals surface area contributed by atoms with Crippen molar-refractivity contribution in [1.82, 2.24) is 5.32 Å². The summed E-state index contributed by atoms with van der Waals surface area (Å²) in [4.78, 5) is 23.0. The van der Waals surface area contributed by atoms with E-state index in [4.69, 9.17) is 9.84 Å². The standard InChI is InChI=1S/C21H23NO4/c1-13(20(23)24)11-14(2)22-21(25)26-12-19-17-9-5-3-7-15(17)16-8-4-6-10-18(16)19/h3-10,13-14,19H,11-12H2,1-2H3,(H,22,25)(H,23,24). The molecule has 3 rings (SSSR count). The van der Waals surface area contributed by atoms with Crippen LogP contribution in [0.15, 0.2) is 48.5 Å². The largest absolute Gasteiger partial charge is 0.481 e. The van der Waals surface area contributed by atoms with E-state index >= 15 is 0 Å². The van der Waals surface area contributed by atoms with Crippen LogP contribution in [0.25, 0.3) is 11.1 Å². The number of carboxylic acids is 1. The van der Waals surface area contributed by atoms with Gasteiger partial charge in [-0.25, -0.2) is 4.79 Å². The lowest BCUT2D eigenvalue weighted by molar-refractivity contribution is -0.141. The van der Waals surface area contributed by atoms with Crippen molar-refractivity contribution in [2.24, 2.45) is 5.92 Å². The van der Waals surface area contributed by atoms with E-state index in [-0.39, 0.29) is 18.6 Å². The van der Waals surface area contributed by atoms with Gasteiger partial charge in [-0.1, -0.05) is 55.5 Å². The molecule has 0 aliphatic heterocycles. The molecule has 0 aromatic heterocycles. The van der Waals surface area contributed by atoms with E-state index in [1.54, 1.807) is 13.8 Å². The van der Waals surface area contributed by atoms with E-state index in [0.717, 1.165) is 11.1 Å². The van der Waals surface area contributed by atoms with E-state index in [2.05, 4.69) is 29.6 Å². The highest BCUT2D eigenvalue weighted by atomic mass is 16.5. The maximum Gasteiger partial charge on any atom is 0.407 e. The average molecular weight is 353 g/mol. The molecule has 0 bridgehead atoms. The zero-order valence-electron chi connectivity index (χ0n) is 14.9. The molecule has 0 spiro atoms. The van der Waals surface area contributed by atoms with Gasteiger partial charge in [0.25, 0.3) is 0 Å². The SMILES string of the molecule is CC(CC(C)C(=O)O)NC(=O)OCC1c2ccccc2-c2ccccc21. The van der Waals surface area contributed by atoms with E-state index in [9.17, 15) is 9.59 Å². The van der Waals surface area contributed by atoms with Crippen molar-refractivity contribution < 1.29 is 19.4 Å². The predicted molar refractivity (Wildman–Crippen MR) is 99.1 cm³/mol. The lowest BCUT2D eigenvalue weighted by atomic mass is 9.98. The van der Waals surface area contributed by atoms with E-state index in [0.29, 0.717) is 6.42 Å². The fourth-order valence-corrected chi connectivity index (χ4v) is 3.53. The second-order valence-electron chi connectivity index (χ2n) is 6.85. The third kappa shape index (κ3) is 3.72. The van der Waals surface area contributed by atoms with Crippen molar-refractivity contribution in [1.29, 1.82) is 0 Å². The summed E-state index contributed by atoms with van der Waals surface area (Å²) in [5.74, 6) is -1.37. The van der Waals surface area contributed by atoms with Crippen molar-refractivity contribution >= 4 is 12.1 Å². The molecule has 0 saturated carbocycles. The van der Waals surface area contributed by atoms with Gasteiger partial charge in [-0.05, 0) is 35.6 Å². The number of benzene rings is 2. The average Bonchev–Trinajstić information content (AvgIpc) is 2.93. The molecular weight excluding hydrogens is 330 g/mol. The molecule has 2 N–H and O–H groups in total. The van der Waals surface area contributed by atoms with Crippen LogP contribution in [-0.4, -0.2) is 29.8 Å². The van der Waals surface area contributed by atoms with Gasteiger partial charge in [0.05, 0.1) is 5.92 Å². The zero-order chi connectivity index (χ0) is 18.7. The molecule has 26 heavy (non-hydrogen) atoms. The number of carboxylic acid groups (broad SMARTS) is 1. The minimum Gasteiger partial charge on any atom is -0.481 e. The van der Waals surface area contributed by atoms with Crippen LogP contribution in [-0.2, 0) is 9.53 Å². The minimum atomic E-state index is -0.869. The molecule has 0 saturated heterocycles. The zero-order valence-corrected chi connectivity index (χ0v) is 14.9. The number of carbonyl (C=O) groups excluding carboxylic acids is 1. The van der Waals surface area contributed by atoms with Crippen molar-refractivity contribution in [3.63, 3.8) is 0 Å². The molecule has 1 amide bonds. The van der Waals surface area contributed by atoms with E-state index < -0.39 is 18.0 Å². The number of alkyl carbamates (subject to hydrolysis) is 1. The van der Waals surface area contributed by atoms with Crippen LogP contribution in [0.5, 0.6) is 0 Å². The molecule has 5 heteroatoms. The Kier molecular flexibility index (Phi) is 5.26. The molecule has 2 unspecified atom stereocenters. The number of ether oxygens (including phenoxy) is 1. The van der Waals surface area contributed by atoms with Gasteiger partial charge < -0.3 is 15.2 Å². The van der Waals surface area contributed by atoms with Gasteiger partial charge in [-0.15, -0.1) is 0 Å². The Morgan fingerprint density at radius 3 is 2.12 bits per heavy atom. The maximum absolute atomic E-state index is 12.1. The Hall–Kier alpha value is -2.82. The van der Waals surface area contributed by atoms with Crippen molar-refractivity contribution in [2.45, 2.75) is 32.2 Å². The van der Waals surface area contributed by atoms with Crippen molar-refractivity contribution in [2.75, 3.05) is 6.61 Å². The summed E-state index contributed by atoms with van der Waals surface area (Å²) in [5, 5.41) is 11.7. The molecule has 136 valence electrons. The molecule has 2 aromatic carbocycles. The quantitative estimate of drug-likeness (QED) is 0.822. The smallest absolute Gasteiger partial charge is 0.407 e. The Labute approximate surface area is 153 Å². The van der Waals surface area contributed by atoms with E-state index in [1.165, 1.54) is 11.1 Å². The molecule has 2 aromatic rings. The summed E-state index contributed by atoms with van der Waals surface area (Å²) in [6.07, 6.45) is -0.156. The number of amides is 1. The van der Waals surface area contributed by atoms with Gasteiger partial charge in [0.15, 0.2) is 0 Å². The minimum absolute atomic E-state index is 0.0152. The first-order chi connectivity index (χ1) is 12.5. The fraction of sp³-hybridized carbons (Fsp3) is 0.333. The normalized spacial score (nSPS) is 14.8. The summed E-state index contributed by atoms with van der Waals surface area (Å²) >= 11 is 0. The number of aliphatic carboxylic acids is 1. The van der Waals surface area contributed by atoms with Crippen molar-refractivity contribution in [3.05, 3.63) is 59.7 Å². The van der Waals surface area contributed by atoms with Crippen LogP contribution < -0.4 is 5.32 Å². The van der Waals surface area contributed by atoms with Gasteiger partial charge in [0, 0.05) is 12.0 Å². The molecule has 0 radical (unpaired) electrons. The molecular formula is C21H23NO4. The Bertz CT molecular complexity index is 772. The second-order valence-corrected chi connectivity index (χ2v) is 6.85. The number of rotatable bonds is 6. The van der Waals surface area contributed by atoms with Crippen LogP contribution in [0.2, 0.25) is 0 Å². The van der Waals surface area contributed by atoms with Crippen LogP contribution in [0.3, 0.4) is 0 Å². The molecule has 2 atom stereocenters. The summed E-state index contributed by atoms with van der Waals surface area (Å²) in [5.41, 5.74) is 4.68. The highest BCUT2D eigenvalue weighted by Crippen LogP contribution is 2.44. The first-order valence-corrected chi connectivity index (χ1v) is 8.81. The number of hydrogen-bond donors (Lipinski definition) is 2. The molecule has 1 aliphatic rings. The maximum atomic E-state index is 12.1. The van der Waals surface area contributed by atoms with Gasteiger partial charge in [0.2, 0.25) is 0 Å². The van der Waals surface area contributed by atoms with Crippen LogP contribution in [0, 0.1) is 5.92 Å². The number of hydrogen-bond acceptors (Lipinski definition) is 3. The highest BCUT2D eigenvalue weighted by molar-refractivity contribution is 5.79. The predicted octanol–water partition coefficient (Wildman–Crippen LogP) is 4.02. The van der Waals surface area contributed by atoms with Crippen LogP contribution in [0.1, 0.15) is 37.3 Å². The van der Waals surface area contributed by atoms with Crippen molar-refractivity contribution in [3.8, 4) is 11.1 Å². The summed E-state index contributed by atoms with van der Waals surface area (Å²) < 4.78 is 5.45. The van der Waals surface area contributed by atoms with Crippen LogP contribution >= 0.6 is 0 Å². The number of carbonyl (C=O) groups is 2. The number of fused-ring (bicyclic) bond motifs is 3. The monoisotopic (exact) mass is 353 g/mol. The molecule has 0 heterocycles. The lowest BCUT2D eigenvalue weighted by Crippen LogP contribution is -2.35. The first-order valence-electron chi connectivity index (χ1n) is 8.81. The topological polar surface area (TPSA) is 75.6 Å². The fourth-order valence-electron chi connectivity index (χ4n) is 3.53. The van der Waals surface area contributed by atoms with Crippen LogP contribution in [0.4, 0.5) is 4.79 Å². The van der Waals surface area contributed by atoms with E-state index in [1.807, 2.05) is 24.3 Å². The first kappa shape index (κ1) is 18.0. The Balaban J connectivity index is 1.63. The highest BCUT2D eigenvalue weighted by Gasteiger charge is 2.29. The number of nitrogens with one attached hydrogen (secondary N) is 1. The summed E-state index contributed by atoms with van der Waals surface area (Å²) in [7, 11) is 0. The lowest BCUT2D eigenvalue weighted by Gasteiger charge is -2.18. The molecule has 1 aliphatic carbocycles. The van der Waals surface area contributed by atoms with Gasteiger partial charge >= 0.3 is 12.1 Å². The second kappa shape index (κ2) is 7.60. The van der Waals surface area contributed by atoms with Gasteiger partial charge in [0.1, 0.15) is 6.61 Å². The summed E-state index contributed by atoms with van der Waals surface area (Å²) in [6, 6.07) is 16.1. The summed E-state index contributed by atoms with van der Waals surface area (Å²) in [6.45, 7) is 3.65. The molecule has 0 fully saturated rings.